The normalized spacial score (nSPS) is 21.8. The summed E-state index contributed by atoms with van der Waals surface area (Å²) in [6, 6.07) is 6.83. The number of sulfone groups is 1. The molecule has 2 saturated heterocycles. The van der Waals surface area contributed by atoms with E-state index in [1.165, 1.54) is 0 Å². The van der Waals surface area contributed by atoms with Gasteiger partial charge < -0.3 is 14.4 Å². The molecule has 0 spiro atoms. The molecule has 23 heavy (non-hydrogen) atoms. The van der Waals surface area contributed by atoms with E-state index in [1.54, 1.807) is 24.3 Å². The topological polar surface area (TPSA) is 55.8 Å². The van der Waals surface area contributed by atoms with Gasteiger partial charge in [-0.2, -0.15) is 0 Å². The molecule has 2 fully saturated rings. The largest absolute Gasteiger partial charge is 0.350 e. The van der Waals surface area contributed by atoms with E-state index < -0.39 is 9.84 Å². The lowest BCUT2D eigenvalue weighted by Crippen LogP contribution is -2.40. The van der Waals surface area contributed by atoms with Crippen LogP contribution in [0.4, 0.5) is 0 Å². The van der Waals surface area contributed by atoms with Crippen molar-refractivity contribution in [3.05, 3.63) is 28.7 Å². The van der Waals surface area contributed by atoms with Gasteiger partial charge in [0.05, 0.1) is 23.9 Å². The minimum Gasteiger partial charge on any atom is -0.350 e. The van der Waals surface area contributed by atoms with Crippen LogP contribution in [-0.4, -0.2) is 58.2 Å². The molecule has 0 unspecified atom stereocenters. The van der Waals surface area contributed by atoms with Crippen molar-refractivity contribution >= 4 is 25.8 Å². The zero-order valence-electron chi connectivity index (χ0n) is 13.0. The van der Waals surface area contributed by atoms with Crippen molar-refractivity contribution in [1.29, 1.82) is 0 Å². The minimum absolute atomic E-state index is 0.0522. The summed E-state index contributed by atoms with van der Waals surface area (Å²) in [6.45, 7) is 3.78. The van der Waals surface area contributed by atoms with Gasteiger partial charge in [-0.05, 0) is 50.2 Å². The Bertz CT molecular complexity index is 605. The summed E-state index contributed by atoms with van der Waals surface area (Å²) < 4.78 is 36.8. The maximum atomic E-state index is 12.4. The molecule has 0 aliphatic carbocycles. The number of hydrogen-bond donors (Lipinski definition) is 0. The number of benzene rings is 1. The number of piperidine rings is 1. The zero-order chi connectivity index (χ0) is 16.3. The molecule has 128 valence electrons. The summed E-state index contributed by atoms with van der Waals surface area (Å²) >= 11 is 3.32. The van der Waals surface area contributed by atoms with E-state index in [2.05, 4.69) is 20.8 Å². The summed E-state index contributed by atoms with van der Waals surface area (Å²) in [4.78, 5) is 2.62. The average molecular weight is 404 g/mol. The Morgan fingerprint density at radius 3 is 2.30 bits per heavy atom. The van der Waals surface area contributed by atoms with E-state index in [0.29, 0.717) is 30.6 Å². The van der Waals surface area contributed by atoms with Crippen molar-refractivity contribution in [3.63, 3.8) is 0 Å². The standard InChI is InChI=1S/C16H22BrNO4S/c17-14-1-3-15(4-2-14)23(19,20)12-9-18-7-5-13(6-8-18)16-21-10-11-22-16/h1-4,13,16H,5-12H2. The third-order valence-corrected chi connectivity index (χ3v) is 6.75. The average Bonchev–Trinajstić information content (AvgIpc) is 3.08. The smallest absolute Gasteiger partial charge is 0.179 e. The molecule has 5 nitrogen and oxygen atoms in total. The number of nitrogens with zero attached hydrogens (tertiary/aromatic N) is 1. The number of hydrogen-bond acceptors (Lipinski definition) is 5. The molecule has 2 heterocycles. The highest BCUT2D eigenvalue weighted by Crippen LogP contribution is 2.26. The molecule has 3 rings (SSSR count). The first-order chi connectivity index (χ1) is 11.0. The maximum absolute atomic E-state index is 12.4. The Morgan fingerprint density at radius 2 is 1.70 bits per heavy atom. The van der Waals surface area contributed by atoms with Crippen LogP contribution in [0.1, 0.15) is 12.8 Å². The fourth-order valence-electron chi connectivity index (χ4n) is 3.11. The van der Waals surface area contributed by atoms with Gasteiger partial charge >= 0.3 is 0 Å². The molecule has 7 heteroatoms. The Labute approximate surface area is 146 Å². The van der Waals surface area contributed by atoms with Gasteiger partial charge in [0.1, 0.15) is 0 Å². The van der Waals surface area contributed by atoms with Crippen molar-refractivity contribution in [2.75, 3.05) is 38.6 Å². The van der Waals surface area contributed by atoms with Gasteiger partial charge in [0.2, 0.25) is 0 Å². The highest BCUT2D eigenvalue weighted by Gasteiger charge is 2.30. The van der Waals surface area contributed by atoms with Crippen molar-refractivity contribution in [2.45, 2.75) is 24.0 Å². The highest BCUT2D eigenvalue weighted by atomic mass is 79.9. The predicted octanol–water partition coefficient (Wildman–Crippen LogP) is 2.31. The van der Waals surface area contributed by atoms with Gasteiger partial charge in [-0.3, -0.25) is 0 Å². The predicted molar refractivity (Wildman–Crippen MR) is 91.1 cm³/mol. The third-order valence-electron chi connectivity index (χ3n) is 4.51. The summed E-state index contributed by atoms with van der Waals surface area (Å²) in [6.07, 6.45) is 1.95. The van der Waals surface area contributed by atoms with Crippen LogP contribution in [0.5, 0.6) is 0 Å². The molecule has 0 aromatic heterocycles. The first-order valence-corrected chi connectivity index (χ1v) is 10.4. The second-order valence-electron chi connectivity index (χ2n) is 6.06. The molecule has 0 bridgehead atoms. The van der Waals surface area contributed by atoms with Crippen LogP contribution in [0.25, 0.3) is 0 Å². The monoisotopic (exact) mass is 403 g/mol. The number of ether oxygens (including phenoxy) is 2. The molecular formula is C16H22BrNO4S. The molecule has 1 aromatic rings. The van der Waals surface area contributed by atoms with Gasteiger partial charge in [-0.25, -0.2) is 8.42 Å². The van der Waals surface area contributed by atoms with E-state index in [9.17, 15) is 8.42 Å². The molecule has 2 aliphatic rings. The van der Waals surface area contributed by atoms with E-state index in [4.69, 9.17) is 9.47 Å². The Kier molecular flexibility index (Phi) is 5.74. The number of rotatable bonds is 5. The van der Waals surface area contributed by atoms with Gasteiger partial charge in [0, 0.05) is 16.9 Å². The van der Waals surface area contributed by atoms with Crippen LogP contribution in [0.2, 0.25) is 0 Å². The second kappa shape index (κ2) is 7.61. The molecule has 0 radical (unpaired) electrons. The van der Waals surface area contributed by atoms with E-state index in [0.717, 1.165) is 30.4 Å². The van der Waals surface area contributed by atoms with E-state index in [-0.39, 0.29) is 12.0 Å². The van der Waals surface area contributed by atoms with Gasteiger partial charge in [-0.15, -0.1) is 0 Å². The van der Waals surface area contributed by atoms with Crippen molar-refractivity contribution < 1.29 is 17.9 Å². The Hall–Kier alpha value is -0.470. The summed E-state index contributed by atoms with van der Waals surface area (Å²) in [5.74, 6) is 0.604. The fraction of sp³-hybridized carbons (Fsp3) is 0.625. The molecule has 0 N–H and O–H groups in total. The van der Waals surface area contributed by atoms with Gasteiger partial charge in [0.15, 0.2) is 16.1 Å². The second-order valence-corrected chi connectivity index (χ2v) is 9.09. The lowest BCUT2D eigenvalue weighted by Gasteiger charge is -2.33. The SMILES string of the molecule is O=S(=O)(CCN1CCC(C2OCCO2)CC1)c1ccc(Br)cc1. The number of likely N-dealkylation sites (tertiary alicyclic amines) is 1. The molecule has 0 amide bonds. The zero-order valence-corrected chi connectivity index (χ0v) is 15.4. The highest BCUT2D eigenvalue weighted by molar-refractivity contribution is 9.10. The first-order valence-electron chi connectivity index (χ1n) is 7.98. The third kappa shape index (κ3) is 4.54. The molecule has 2 aliphatic heterocycles. The maximum Gasteiger partial charge on any atom is 0.179 e. The molecular weight excluding hydrogens is 382 g/mol. The van der Waals surface area contributed by atoms with E-state index >= 15 is 0 Å². The van der Waals surface area contributed by atoms with Crippen LogP contribution in [0, 0.1) is 5.92 Å². The summed E-state index contributed by atoms with van der Waals surface area (Å²) in [7, 11) is -3.22. The van der Waals surface area contributed by atoms with Crippen LogP contribution in [0.15, 0.2) is 33.6 Å². The van der Waals surface area contributed by atoms with Crippen molar-refractivity contribution in [3.8, 4) is 0 Å². The first kappa shape index (κ1) is 17.4. The number of halogens is 1. The van der Waals surface area contributed by atoms with Crippen LogP contribution in [-0.2, 0) is 19.3 Å². The van der Waals surface area contributed by atoms with Gasteiger partial charge in [-0.1, -0.05) is 15.9 Å². The van der Waals surface area contributed by atoms with Gasteiger partial charge in [0.25, 0.3) is 0 Å². The Balaban J connectivity index is 1.48. The Morgan fingerprint density at radius 1 is 1.09 bits per heavy atom. The summed E-state index contributed by atoms with van der Waals surface area (Å²) in [5.41, 5.74) is 0. The van der Waals surface area contributed by atoms with E-state index in [1.807, 2.05) is 0 Å². The van der Waals surface area contributed by atoms with Crippen LogP contribution < -0.4 is 0 Å². The molecule has 1 aromatic carbocycles. The molecule has 0 atom stereocenters. The van der Waals surface area contributed by atoms with Crippen LogP contribution >= 0.6 is 15.9 Å². The minimum atomic E-state index is -3.22. The van der Waals surface area contributed by atoms with Crippen LogP contribution in [0.3, 0.4) is 0 Å². The lowest BCUT2D eigenvalue weighted by atomic mass is 9.96. The van der Waals surface area contributed by atoms with Crippen molar-refractivity contribution in [1.82, 2.24) is 4.90 Å². The van der Waals surface area contributed by atoms with Crippen molar-refractivity contribution in [2.24, 2.45) is 5.92 Å². The lowest BCUT2D eigenvalue weighted by molar-refractivity contribution is -0.0970. The molecule has 0 saturated carbocycles. The summed E-state index contributed by atoms with van der Waals surface area (Å²) in [5, 5.41) is 0. The quantitative estimate of drug-likeness (QED) is 0.754. The fourth-order valence-corrected chi connectivity index (χ4v) is 4.66.